The number of carbonyl (C=O) groups excluding carboxylic acids is 1. The molecule has 1 spiro atoms. The lowest BCUT2D eigenvalue weighted by Crippen LogP contribution is -2.55. The number of rotatable bonds is 1. The van der Waals surface area contributed by atoms with Crippen LogP contribution in [-0.4, -0.2) is 41.2 Å². The van der Waals surface area contributed by atoms with Gasteiger partial charge in [-0.2, -0.15) is 13.2 Å². The number of pyridine rings is 1. The Labute approximate surface area is 130 Å². The minimum atomic E-state index is -4.26. The van der Waals surface area contributed by atoms with E-state index in [2.05, 4.69) is 5.32 Å². The number of amides is 1. The van der Waals surface area contributed by atoms with Crippen LogP contribution in [-0.2, 0) is 5.66 Å². The molecule has 126 valence electrons. The number of piperidine rings is 1. The summed E-state index contributed by atoms with van der Waals surface area (Å²) < 4.78 is 38.8. The summed E-state index contributed by atoms with van der Waals surface area (Å²) in [7, 11) is 0. The Kier molecular flexibility index (Phi) is 3.44. The number of alkyl halides is 3. The topological polar surface area (TPSA) is 80.4 Å². The number of nitrogens with zero attached hydrogens (tertiary/aromatic N) is 2. The second kappa shape index (κ2) is 4.98. The first kappa shape index (κ1) is 15.9. The molecule has 2 aliphatic heterocycles. The van der Waals surface area contributed by atoms with Crippen molar-refractivity contribution in [3.63, 3.8) is 0 Å². The van der Waals surface area contributed by atoms with Crippen LogP contribution in [0.5, 0.6) is 0 Å². The standard InChI is InChI=1S/C14H17F3N4O2/c1-8-6-9(18)12(23)21-10(8)11(22)19-13(21)2-4-20(5-3-13)7-14(15,16)17/h6H,2-5,7,18H2,1H3,(H,19,22). The van der Waals surface area contributed by atoms with Gasteiger partial charge >= 0.3 is 6.18 Å². The molecule has 1 saturated heterocycles. The molecule has 0 aromatic carbocycles. The van der Waals surface area contributed by atoms with Crippen molar-refractivity contribution >= 4 is 11.6 Å². The highest BCUT2D eigenvalue weighted by atomic mass is 19.4. The van der Waals surface area contributed by atoms with Crippen LogP contribution in [0.25, 0.3) is 0 Å². The summed E-state index contributed by atoms with van der Waals surface area (Å²) in [6, 6.07) is 1.45. The first-order chi connectivity index (χ1) is 10.6. The van der Waals surface area contributed by atoms with Crippen molar-refractivity contribution in [1.29, 1.82) is 0 Å². The summed E-state index contributed by atoms with van der Waals surface area (Å²) in [4.78, 5) is 25.9. The van der Waals surface area contributed by atoms with Gasteiger partial charge < -0.3 is 11.1 Å². The Balaban J connectivity index is 1.94. The molecular weight excluding hydrogens is 313 g/mol. The van der Waals surface area contributed by atoms with Crippen LogP contribution in [0.1, 0.15) is 28.9 Å². The number of likely N-dealkylation sites (tertiary alicyclic amines) is 1. The summed E-state index contributed by atoms with van der Waals surface area (Å²) in [5.74, 6) is -0.385. The van der Waals surface area contributed by atoms with Gasteiger partial charge in [0, 0.05) is 25.9 Å². The van der Waals surface area contributed by atoms with E-state index < -0.39 is 23.9 Å². The quantitative estimate of drug-likeness (QED) is 0.798. The molecule has 0 unspecified atom stereocenters. The van der Waals surface area contributed by atoms with Gasteiger partial charge in [-0.15, -0.1) is 0 Å². The highest BCUT2D eigenvalue weighted by molar-refractivity contribution is 5.96. The Morgan fingerprint density at radius 2 is 1.91 bits per heavy atom. The fourth-order valence-corrected chi connectivity index (χ4v) is 3.47. The van der Waals surface area contributed by atoms with Crippen LogP contribution >= 0.6 is 0 Å². The molecule has 0 aliphatic carbocycles. The first-order valence-electron chi connectivity index (χ1n) is 7.27. The lowest BCUT2D eigenvalue weighted by Gasteiger charge is -2.40. The molecule has 1 aromatic rings. The second-order valence-electron chi connectivity index (χ2n) is 6.15. The second-order valence-corrected chi connectivity index (χ2v) is 6.15. The van der Waals surface area contributed by atoms with Gasteiger partial charge in [-0.1, -0.05) is 0 Å². The number of carbonyl (C=O) groups is 1. The summed E-state index contributed by atoms with van der Waals surface area (Å²) in [6.07, 6.45) is -3.81. The highest BCUT2D eigenvalue weighted by Gasteiger charge is 2.47. The number of nitrogen functional groups attached to an aromatic ring is 1. The molecule has 0 saturated carbocycles. The molecule has 6 nitrogen and oxygen atoms in total. The van der Waals surface area contributed by atoms with Gasteiger partial charge in [-0.05, 0) is 18.6 Å². The maximum atomic E-state index is 12.5. The lowest BCUT2D eigenvalue weighted by molar-refractivity contribution is -0.150. The number of halogens is 3. The third-order valence-corrected chi connectivity index (χ3v) is 4.49. The number of nitrogens with one attached hydrogen (secondary N) is 1. The number of nitrogens with two attached hydrogens (primary N) is 1. The molecule has 0 radical (unpaired) electrons. The summed E-state index contributed by atoms with van der Waals surface area (Å²) in [5, 5.41) is 2.79. The Bertz CT molecular complexity index is 718. The third kappa shape index (κ3) is 2.58. The van der Waals surface area contributed by atoms with Crippen molar-refractivity contribution in [2.45, 2.75) is 31.6 Å². The fourth-order valence-electron chi connectivity index (χ4n) is 3.47. The zero-order valence-corrected chi connectivity index (χ0v) is 12.5. The lowest BCUT2D eigenvalue weighted by atomic mass is 9.96. The number of hydrogen-bond donors (Lipinski definition) is 2. The van der Waals surface area contributed by atoms with Gasteiger partial charge in [-0.25, -0.2) is 0 Å². The van der Waals surface area contributed by atoms with E-state index in [0.717, 1.165) is 0 Å². The van der Waals surface area contributed by atoms with E-state index in [1.165, 1.54) is 15.5 Å². The number of aromatic nitrogens is 1. The van der Waals surface area contributed by atoms with Crippen LogP contribution in [0.2, 0.25) is 0 Å². The van der Waals surface area contributed by atoms with Crippen molar-refractivity contribution < 1.29 is 18.0 Å². The number of aryl methyl sites for hydroxylation is 1. The minimum Gasteiger partial charge on any atom is -0.394 e. The smallest absolute Gasteiger partial charge is 0.394 e. The summed E-state index contributed by atoms with van der Waals surface area (Å²) in [6.45, 7) is 0.965. The maximum Gasteiger partial charge on any atom is 0.401 e. The van der Waals surface area contributed by atoms with Gasteiger partial charge in [0.25, 0.3) is 11.5 Å². The maximum absolute atomic E-state index is 12.5. The van der Waals surface area contributed by atoms with E-state index >= 15 is 0 Å². The Morgan fingerprint density at radius 3 is 2.48 bits per heavy atom. The van der Waals surface area contributed by atoms with E-state index in [9.17, 15) is 22.8 Å². The van der Waals surface area contributed by atoms with Gasteiger partial charge in [-0.3, -0.25) is 19.1 Å². The molecule has 0 bridgehead atoms. The summed E-state index contributed by atoms with van der Waals surface area (Å²) in [5.41, 5.74) is 5.10. The number of anilines is 1. The zero-order valence-electron chi connectivity index (χ0n) is 12.5. The van der Waals surface area contributed by atoms with E-state index in [4.69, 9.17) is 5.73 Å². The molecule has 23 heavy (non-hydrogen) atoms. The predicted molar refractivity (Wildman–Crippen MR) is 77.0 cm³/mol. The molecule has 1 aromatic heterocycles. The van der Waals surface area contributed by atoms with Crippen molar-refractivity contribution in [3.8, 4) is 0 Å². The van der Waals surface area contributed by atoms with Gasteiger partial charge in [0.05, 0.1) is 12.2 Å². The Morgan fingerprint density at radius 1 is 1.30 bits per heavy atom. The predicted octanol–water partition coefficient (Wildman–Crippen LogP) is 0.793. The molecule has 3 N–H and O–H groups in total. The molecule has 9 heteroatoms. The number of fused-ring (bicyclic) bond motifs is 2. The van der Waals surface area contributed by atoms with Crippen molar-refractivity contribution in [1.82, 2.24) is 14.8 Å². The third-order valence-electron chi connectivity index (χ3n) is 4.49. The average molecular weight is 330 g/mol. The normalized spacial score (nSPS) is 20.6. The molecule has 2 aliphatic rings. The van der Waals surface area contributed by atoms with Crippen LogP contribution < -0.4 is 16.6 Å². The summed E-state index contributed by atoms with van der Waals surface area (Å²) >= 11 is 0. The fraction of sp³-hybridized carbons (Fsp3) is 0.571. The molecule has 3 heterocycles. The zero-order chi connectivity index (χ0) is 17.0. The van der Waals surface area contributed by atoms with Crippen LogP contribution in [0.4, 0.5) is 18.9 Å². The Hall–Kier alpha value is -2.03. The average Bonchev–Trinajstić information content (AvgIpc) is 2.71. The largest absolute Gasteiger partial charge is 0.401 e. The van der Waals surface area contributed by atoms with Crippen LogP contribution in [0.15, 0.2) is 10.9 Å². The van der Waals surface area contributed by atoms with Crippen molar-refractivity contribution in [2.24, 2.45) is 0 Å². The van der Waals surface area contributed by atoms with Crippen LogP contribution in [0.3, 0.4) is 0 Å². The molecule has 0 atom stereocenters. The van der Waals surface area contributed by atoms with E-state index in [1.54, 1.807) is 6.92 Å². The minimum absolute atomic E-state index is 0.0276. The van der Waals surface area contributed by atoms with Crippen LogP contribution in [0, 0.1) is 6.92 Å². The van der Waals surface area contributed by atoms with E-state index in [-0.39, 0.29) is 43.2 Å². The van der Waals surface area contributed by atoms with Gasteiger partial charge in [0.1, 0.15) is 11.4 Å². The van der Waals surface area contributed by atoms with Gasteiger partial charge in [0.15, 0.2) is 0 Å². The molecule has 1 fully saturated rings. The number of hydrogen-bond acceptors (Lipinski definition) is 4. The van der Waals surface area contributed by atoms with Crippen molar-refractivity contribution in [2.75, 3.05) is 25.4 Å². The first-order valence-corrected chi connectivity index (χ1v) is 7.27. The molecular formula is C14H17F3N4O2. The molecule has 3 rings (SSSR count). The highest BCUT2D eigenvalue weighted by Crippen LogP contribution is 2.34. The van der Waals surface area contributed by atoms with Gasteiger partial charge in [0.2, 0.25) is 0 Å². The van der Waals surface area contributed by atoms with E-state index in [1.807, 2.05) is 0 Å². The van der Waals surface area contributed by atoms with E-state index in [0.29, 0.717) is 5.56 Å². The van der Waals surface area contributed by atoms with Crippen molar-refractivity contribution in [3.05, 3.63) is 27.7 Å². The monoisotopic (exact) mass is 330 g/mol. The SMILES string of the molecule is Cc1cc(N)c(=O)n2c1C(=O)NC21CCN(CC(F)(F)F)CC1. The molecule has 1 amide bonds.